The standard InChI is InChI=1S/C22H29FO2/c1-2-3-22(24)25-21-14-10-19(11-15-21)17-6-4-16(5-7-17)18-8-12-20(23)13-9-18/h2-3,8-9,12-13,16-17,19,21H,4-7,10-11,14-15H2,1H3/b3-2+. The van der Waals surface area contributed by atoms with Crippen molar-refractivity contribution >= 4 is 5.97 Å². The van der Waals surface area contributed by atoms with Crippen molar-refractivity contribution in [2.24, 2.45) is 11.8 Å². The molecular formula is C22H29FO2. The molecule has 0 aliphatic heterocycles. The molecule has 1 aromatic carbocycles. The summed E-state index contributed by atoms with van der Waals surface area (Å²) in [7, 11) is 0. The normalized spacial score (nSPS) is 30.3. The number of allylic oxidation sites excluding steroid dienone is 1. The maximum atomic E-state index is 13.1. The summed E-state index contributed by atoms with van der Waals surface area (Å²) in [6.07, 6.45) is 12.7. The largest absolute Gasteiger partial charge is 0.459 e. The van der Waals surface area contributed by atoms with E-state index in [4.69, 9.17) is 4.74 Å². The van der Waals surface area contributed by atoms with E-state index in [0.29, 0.717) is 5.92 Å². The van der Waals surface area contributed by atoms with E-state index in [9.17, 15) is 9.18 Å². The molecule has 0 radical (unpaired) electrons. The van der Waals surface area contributed by atoms with Gasteiger partial charge < -0.3 is 4.74 Å². The molecule has 3 heteroatoms. The first-order valence-electron chi connectivity index (χ1n) is 9.74. The summed E-state index contributed by atoms with van der Waals surface area (Å²) in [5, 5.41) is 0. The first-order chi connectivity index (χ1) is 12.2. The fourth-order valence-corrected chi connectivity index (χ4v) is 4.68. The second-order valence-electron chi connectivity index (χ2n) is 7.64. The van der Waals surface area contributed by atoms with E-state index in [1.807, 2.05) is 19.1 Å². The molecule has 3 rings (SSSR count). The average molecular weight is 344 g/mol. The van der Waals surface area contributed by atoms with Crippen molar-refractivity contribution in [2.75, 3.05) is 0 Å². The number of rotatable bonds is 4. The number of esters is 1. The number of hydrogen-bond acceptors (Lipinski definition) is 2. The highest BCUT2D eigenvalue weighted by atomic mass is 19.1. The van der Waals surface area contributed by atoms with E-state index in [1.165, 1.54) is 50.2 Å². The minimum atomic E-state index is -0.203. The zero-order valence-corrected chi connectivity index (χ0v) is 15.1. The molecule has 0 N–H and O–H groups in total. The van der Waals surface area contributed by atoms with Crippen molar-refractivity contribution in [3.05, 3.63) is 47.8 Å². The summed E-state index contributed by atoms with van der Waals surface area (Å²) < 4.78 is 18.6. The number of halogens is 1. The van der Waals surface area contributed by atoms with Gasteiger partial charge in [0.15, 0.2) is 0 Å². The number of carbonyl (C=O) groups excluding carboxylic acids is 1. The highest BCUT2D eigenvalue weighted by Gasteiger charge is 2.32. The van der Waals surface area contributed by atoms with Gasteiger partial charge in [-0.1, -0.05) is 18.2 Å². The van der Waals surface area contributed by atoms with E-state index in [2.05, 4.69) is 0 Å². The van der Waals surface area contributed by atoms with Crippen molar-refractivity contribution in [3.8, 4) is 0 Å². The van der Waals surface area contributed by atoms with Crippen LogP contribution in [0.5, 0.6) is 0 Å². The predicted molar refractivity (Wildman–Crippen MR) is 97.8 cm³/mol. The van der Waals surface area contributed by atoms with Crippen LogP contribution in [0.4, 0.5) is 4.39 Å². The summed E-state index contributed by atoms with van der Waals surface area (Å²) in [6, 6.07) is 7.06. The lowest BCUT2D eigenvalue weighted by Crippen LogP contribution is -2.29. The molecule has 0 spiro atoms. The summed E-state index contributed by atoms with van der Waals surface area (Å²) in [6.45, 7) is 1.83. The number of benzene rings is 1. The van der Waals surface area contributed by atoms with Crippen LogP contribution in [-0.2, 0) is 9.53 Å². The Morgan fingerprint density at radius 3 is 2.08 bits per heavy atom. The Balaban J connectivity index is 1.43. The highest BCUT2D eigenvalue weighted by Crippen LogP contribution is 2.43. The van der Waals surface area contributed by atoms with E-state index in [1.54, 1.807) is 18.2 Å². The van der Waals surface area contributed by atoms with Gasteiger partial charge in [0.2, 0.25) is 0 Å². The van der Waals surface area contributed by atoms with Crippen molar-refractivity contribution < 1.29 is 13.9 Å². The third kappa shape index (κ3) is 4.93. The Hall–Kier alpha value is -1.64. The molecular weight excluding hydrogens is 315 g/mol. The second kappa shape index (κ2) is 8.64. The summed E-state index contributed by atoms with van der Waals surface area (Å²) in [4.78, 5) is 11.6. The van der Waals surface area contributed by atoms with Gasteiger partial charge in [-0.2, -0.15) is 0 Å². The summed E-state index contributed by atoms with van der Waals surface area (Å²) in [5.41, 5.74) is 1.29. The smallest absolute Gasteiger partial charge is 0.330 e. The molecule has 2 nitrogen and oxygen atoms in total. The molecule has 0 amide bonds. The molecule has 0 heterocycles. The van der Waals surface area contributed by atoms with Crippen LogP contribution < -0.4 is 0 Å². The van der Waals surface area contributed by atoms with Gasteiger partial charge in [0.05, 0.1) is 0 Å². The number of ether oxygens (including phenoxy) is 1. The van der Waals surface area contributed by atoms with Crippen LogP contribution >= 0.6 is 0 Å². The maximum absolute atomic E-state index is 13.1. The molecule has 0 atom stereocenters. The Kier molecular flexibility index (Phi) is 6.28. The fourth-order valence-electron chi connectivity index (χ4n) is 4.68. The van der Waals surface area contributed by atoms with Crippen molar-refractivity contribution in [2.45, 2.75) is 70.3 Å². The lowest BCUT2D eigenvalue weighted by molar-refractivity contribution is -0.145. The molecule has 0 aromatic heterocycles. The van der Waals surface area contributed by atoms with Crippen molar-refractivity contribution in [1.29, 1.82) is 0 Å². The van der Waals surface area contributed by atoms with Crippen molar-refractivity contribution in [1.82, 2.24) is 0 Å². The minimum absolute atomic E-state index is 0.107. The van der Waals surface area contributed by atoms with Gasteiger partial charge >= 0.3 is 5.97 Å². The van der Waals surface area contributed by atoms with Crippen LogP contribution in [0, 0.1) is 17.7 Å². The third-order valence-corrected chi connectivity index (χ3v) is 6.08. The van der Waals surface area contributed by atoms with Gasteiger partial charge in [-0.3, -0.25) is 0 Å². The van der Waals surface area contributed by atoms with Gasteiger partial charge in [-0.25, -0.2) is 9.18 Å². The van der Waals surface area contributed by atoms with Gasteiger partial charge in [0.1, 0.15) is 11.9 Å². The Morgan fingerprint density at radius 1 is 0.960 bits per heavy atom. The molecule has 2 aliphatic rings. The highest BCUT2D eigenvalue weighted by molar-refractivity contribution is 5.81. The number of carbonyl (C=O) groups is 1. The molecule has 0 bridgehead atoms. The molecule has 0 unspecified atom stereocenters. The SMILES string of the molecule is C/C=C/C(=O)OC1CCC(C2CCC(c3ccc(F)cc3)CC2)CC1. The Morgan fingerprint density at radius 2 is 1.52 bits per heavy atom. The summed E-state index contributed by atoms with van der Waals surface area (Å²) >= 11 is 0. The van der Waals surface area contributed by atoms with E-state index >= 15 is 0 Å². The summed E-state index contributed by atoms with van der Waals surface area (Å²) in [5.74, 6) is 1.83. The second-order valence-corrected chi connectivity index (χ2v) is 7.64. The molecule has 2 saturated carbocycles. The van der Waals surface area contributed by atoms with Crippen LogP contribution in [0.2, 0.25) is 0 Å². The zero-order valence-electron chi connectivity index (χ0n) is 15.1. The first kappa shape index (κ1) is 18.2. The topological polar surface area (TPSA) is 26.3 Å². The van der Waals surface area contributed by atoms with Gasteiger partial charge in [-0.15, -0.1) is 0 Å². The first-order valence-corrected chi connectivity index (χ1v) is 9.74. The van der Waals surface area contributed by atoms with Gasteiger partial charge in [-0.05, 0) is 93.7 Å². The van der Waals surface area contributed by atoms with Gasteiger partial charge in [0, 0.05) is 6.08 Å². The van der Waals surface area contributed by atoms with E-state index < -0.39 is 0 Å². The lowest BCUT2D eigenvalue weighted by Gasteiger charge is -2.37. The Bertz CT molecular complexity index is 577. The molecule has 0 saturated heterocycles. The molecule has 2 fully saturated rings. The molecule has 2 aliphatic carbocycles. The minimum Gasteiger partial charge on any atom is -0.459 e. The zero-order chi connectivity index (χ0) is 17.6. The average Bonchev–Trinajstić information content (AvgIpc) is 2.63. The molecule has 1 aromatic rings. The van der Waals surface area contributed by atoms with Gasteiger partial charge in [0.25, 0.3) is 0 Å². The van der Waals surface area contributed by atoms with Crippen LogP contribution in [0.15, 0.2) is 36.4 Å². The Labute approximate surface area is 150 Å². The van der Waals surface area contributed by atoms with E-state index in [-0.39, 0.29) is 17.9 Å². The van der Waals surface area contributed by atoms with E-state index in [0.717, 1.165) is 24.7 Å². The molecule has 25 heavy (non-hydrogen) atoms. The van der Waals surface area contributed by atoms with Crippen LogP contribution in [-0.4, -0.2) is 12.1 Å². The monoisotopic (exact) mass is 344 g/mol. The predicted octanol–water partition coefficient (Wildman–Crippen LogP) is 5.78. The quantitative estimate of drug-likeness (QED) is 0.511. The van der Waals surface area contributed by atoms with Crippen LogP contribution in [0.3, 0.4) is 0 Å². The maximum Gasteiger partial charge on any atom is 0.330 e. The van der Waals surface area contributed by atoms with Crippen LogP contribution in [0.25, 0.3) is 0 Å². The number of hydrogen-bond donors (Lipinski definition) is 0. The van der Waals surface area contributed by atoms with Crippen molar-refractivity contribution in [3.63, 3.8) is 0 Å². The third-order valence-electron chi connectivity index (χ3n) is 6.08. The lowest BCUT2D eigenvalue weighted by atomic mass is 9.69. The fraction of sp³-hybridized carbons (Fsp3) is 0.591. The van der Waals surface area contributed by atoms with Crippen LogP contribution in [0.1, 0.15) is 69.8 Å². The molecule has 136 valence electrons.